The van der Waals surface area contributed by atoms with Crippen molar-refractivity contribution in [2.24, 2.45) is 11.7 Å². The number of rotatable bonds is 6. The Kier molecular flexibility index (Phi) is 5.56. The van der Waals surface area contributed by atoms with Crippen LogP contribution in [0.15, 0.2) is 36.5 Å². The van der Waals surface area contributed by atoms with Gasteiger partial charge in [-0.3, -0.25) is 4.79 Å². The molecule has 2 aliphatic rings. The second kappa shape index (κ2) is 8.27. The van der Waals surface area contributed by atoms with Crippen molar-refractivity contribution in [2.45, 2.75) is 51.0 Å². The Morgan fingerprint density at radius 2 is 2.00 bits per heavy atom. The summed E-state index contributed by atoms with van der Waals surface area (Å²) in [5.41, 5.74) is 7.65. The molecule has 0 radical (unpaired) electrons. The van der Waals surface area contributed by atoms with E-state index in [0.717, 1.165) is 31.5 Å². The number of hydrogen-bond acceptors (Lipinski definition) is 3. The van der Waals surface area contributed by atoms with Gasteiger partial charge in [-0.15, -0.1) is 0 Å². The molecular formula is C22H29N5O2. The number of nitrogens with two attached hydrogens (primary N) is 1. The Hall–Kier alpha value is -2.83. The molecule has 0 bridgehead atoms. The lowest BCUT2D eigenvalue weighted by Gasteiger charge is -2.33. The molecule has 7 nitrogen and oxygen atoms in total. The van der Waals surface area contributed by atoms with Crippen LogP contribution < -0.4 is 11.1 Å². The van der Waals surface area contributed by atoms with Crippen LogP contribution in [0, 0.1) is 5.92 Å². The van der Waals surface area contributed by atoms with Crippen molar-refractivity contribution in [3.8, 4) is 5.69 Å². The van der Waals surface area contributed by atoms with Gasteiger partial charge < -0.3 is 16.0 Å². The standard InChI is InChI=1S/C22H29N5O2/c1-2-19(15-10-11-15)24-22(29)26-12-6-7-16(13-26)20-18(21(23)28)14-27(25-20)17-8-4-3-5-9-17/h3-5,8-9,14-16,19H,2,6-7,10-13H2,1H3,(H2,23,28)(H,24,29). The van der Waals surface area contributed by atoms with E-state index in [4.69, 9.17) is 10.8 Å². The number of para-hydroxylation sites is 1. The van der Waals surface area contributed by atoms with Crippen molar-refractivity contribution in [3.63, 3.8) is 0 Å². The summed E-state index contributed by atoms with van der Waals surface area (Å²) in [6, 6.07) is 9.92. The zero-order valence-corrected chi connectivity index (χ0v) is 16.9. The summed E-state index contributed by atoms with van der Waals surface area (Å²) in [4.78, 5) is 26.8. The van der Waals surface area contributed by atoms with E-state index in [1.807, 2.05) is 35.2 Å². The van der Waals surface area contributed by atoms with E-state index in [1.54, 1.807) is 10.9 Å². The van der Waals surface area contributed by atoms with Gasteiger partial charge in [-0.05, 0) is 50.2 Å². The minimum absolute atomic E-state index is 0.00274. The van der Waals surface area contributed by atoms with Gasteiger partial charge in [0.1, 0.15) is 0 Å². The quantitative estimate of drug-likeness (QED) is 0.787. The molecule has 1 aliphatic carbocycles. The van der Waals surface area contributed by atoms with Crippen LogP contribution >= 0.6 is 0 Å². The molecule has 2 heterocycles. The largest absolute Gasteiger partial charge is 0.365 e. The number of carbonyl (C=O) groups is 2. The predicted octanol–water partition coefficient (Wildman–Crippen LogP) is 3.05. The lowest BCUT2D eigenvalue weighted by molar-refractivity contribution is 0.0998. The van der Waals surface area contributed by atoms with E-state index < -0.39 is 5.91 Å². The molecule has 7 heteroatoms. The first-order valence-electron chi connectivity index (χ1n) is 10.6. The first-order valence-corrected chi connectivity index (χ1v) is 10.6. The average Bonchev–Trinajstić information content (AvgIpc) is 3.49. The monoisotopic (exact) mass is 395 g/mol. The van der Waals surface area contributed by atoms with Crippen LogP contribution in [0.4, 0.5) is 4.79 Å². The number of aromatic nitrogens is 2. The summed E-state index contributed by atoms with van der Waals surface area (Å²) in [5, 5.41) is 7.90. The second-order valence-corrected chi connectivity index (χ2v) is 8.16. The molecule has 3 amide bonds. The Bertz CT molecular complexity index is 875. The number of benzene rings is 1. The minimum atomic E-state index is -0.483. The average molecular weight is 396 g/mol. The summed E-state index contributed by atoms with van der Waals surface area (Å²) in [6.07, 6.45) is 6.85. The Labute approximate surface area is 171 Å². The summed E-state index contributed by atoms with van der Waals surface area (Å²) in [5.74, 6) is 0.152. The van der Waals surface area contributed by atoms with E-state index in [1.165, 1.54) is 12.8 Å². The number of carbonyl (C=O) groups excluding carboxylic acids is 2. The van der Waals surface area contributed by atoms with E-state index in [0.29, 0.717) is 23.7 Å². The van der Waals surface area contributed by atoms with E-state index >= 15 is 0 Å². The van der Waals surface area contributed by atoms with Crippen molar-refractivity contribution in [1.29, 1.82) is 0 Å². The smallest absolute Gasteiger partial charge is 0.317 e. The predicted molar refractivity (Wildman–Crippen MR) is 111 cm³/mol. The van der Waals surface area contributed by atoms with Crippen LogP contribution in [0.25, 0.3) is 5.69 Å². The fourth-order valence-corrected chi connectivity index (χ4v) is 4.28. The molecule has 2 unspecified atom stereocenters. The number of piperidine rings is 1. The van der Waals surface area contributed by atoms with Crippen molar-refractivity contribution >= 4 is 11.9 Å². The number of nitrogens with zero attached hydrogens (tertiary/aromatic N) is 3. The van der Waals surface area contributed by atoms with Crippen LogP contribution in [0.2, 0.25) is 0 Å². The van der Waals surface area contributed by atoms with Crippen LogP contribution in [0.1, 0.15) is 61.0 Å². The van der Waals surface area contributed by atoms with E-state index in [2.05, 4.69) is 12.2 Å². The zero-order chi connectivity index (χ0) is 20.4. The maximum absolute atomic E-state index is 12.8. The third kappa shape index (κ3) is 4.28. The molecule has 29 heavy (non-hydrogen) atoms. The number of hydrogen-bond donors (Lipinski definition) is 2. The lowest BCUT2D eigenvalue weighted by Crippen LogP contribution is -2.48. The molecule has 0 spiro atoms. The maximum atomic E-state index is 12.8. The molecule has 4 rings (SSSR count). The highest BCUT2D eigenvalue weighted by molar-refractivity contribution is 5.94. The van der Waals surface area contributed by atoms with Crippen LogP contribution in [-0.2, 0) is 0 Å². The van der Waals surface area contributed by atoms with Gasteiger partial charge >= 0.3 is 6.03 Å². The number of likely N-dealkylation sites (tertiary alicyclic amines) is 1. The Morgan fingerprint density at radius 3 is 2.66 bits per heavy atom. The van der Waals surface area contributed by atoms with Crippen LogP contribution in [0.5, 0.6) is 0 Å². The van der Waals surface area contributed by atoms with Crippen molar-refractivity contribution in [1.82, 2.24) is 20.0 Å². The summed E-state index contributed by atoms with van der Waals surface area (Å²) in [7, 11) is 0. The molecule has 1 saturated heterocycles. The Balaban J connectivity index is 1.52. The molecule has 1 aromatic carbocycles. The van der Waals surface area contributed by atoms with Gasteiger partial charge in [0.05, 0.1) is 16.9 Å². The number of amides is 3. The van der Waals surface area contributed by atoms with Gasteiger partial charge in [0.2, 0.25) is 0 Å². The normalized spacial score (nSPS) is 20.3. The summed E-state index contributed by atoms with van der Waals surface area (Å²) in [6.45, 7) is 3.41. The first-order chi connectivity index (χ1) is 14.1. The van der Waals surface area contributed by atoms with Gasteiger partial charge in [0.25, 0.3) is 5.91 Å². The van der Waals surface area contributed by atoms with Crippen molar-refractivity contribution in [2.75, 3.05) is 13.1 Å². The van der Waals surface area contributed by atoms with Gasteiger partial charge in [0, 0.05) is 31.2 Å². The van der Waals surface area contributed by atoms with Crippen LogP contribution in [-0.4, -0.2) is 45.8 Å². The van der Waals surface area contributed by atoms with Crippen LogP contribution in [0.3, 0.4) is 0 Å². The SMILES string of the molecule is CCC(NC(=O)N1CCCC(c2nn(-c3ccccc3)cc2C(N)=O)C1)C1CC1. The summed E-state index contributed by atoms with van der Waals surface area (Å²) < 4.78 is 1.70. The van der Waals surface area contributed by atoms with Gasteiger partial charge in [-0.25, -0.2) is 9.48 Å². The molecule has 154 valence electrons. The fraction of sp³-hybridized carbons (Fsp3) is 0.500. The van der Waals surface area contributed by atoms with Gasteiger partial charge in [-0.1, -0.05) is 25.1 Å². The number of primary amides is 1. The highest BCUT2D eigenvalue weighted by atomic mass is 16.2. The molecule has 1 saturated carbocycles. The number of urea groups is 1. The zero-order valence-electron chi connectivity index (χ0n) is 16.9. The molecule has 1 aromatic heterocycles. The third-order valence-electron chi connectivity index (χ3n) is 6.06. The molecule has 2 fully saturated rings. The maximum Gasteiger partial charge on any atom is 0.317 e. The lowest BCUT2D eigenvalue weighted by atomic mass is 9.92. The highest BCUT2D eigenvalue weighted by Gasteiger charge is 2.34. The van der Waals surface area contributed by atoms with E-state index in [9.17, 15) is 9.59 Å². The first kappa shape index (κ1) is 19.5. The number of nitrogens with one attached hydrogen (secondary N) is 1. The molecule has 2 aromatic rings. The molecular weight excluding hydrogens is 366 g/mol. The third-order valence-corrected chi connectivity index (χ3v) is 6.06. The summed E-state index contributed by atoms with van der Waals surface area (Å²) >= 11 is 0. The van der Waals surface area contributed by atoms with E-state index in [-0.39, 0.29) is 18.0 Å². The van der Waals surface area contributed by atoms with Gasteiger partial charge in [-0.2, -0.15) is 5.10 Å². The minimum Gasteiger partial charge on any atom is -0.365 e. The second-order valence-electron chi connectivity index (χ2n) is 8.16. The topological polar surface area (TPSA) is 93.2 Å². The molecule has 3 N–H and O–H groups in total. The Morgan fingerprint density at radius 1 is 1.24 bits per heavy atom. The van der Waals surface area contributed by atoms with Gasteiger partial charge in [0.15, 0.2) is 0 Å². The molecule has 2 atom stereocenters. The molecule has 1 aliphatic heterocycles. The fourth-order valence-electron chi connectivity index (χ4n) is 4.28. The highest BCUT2D eigenvalue weighted by Crippen LogP contribution is 2.34. The van der Waals surface area contributed by atoms with Crippen molar-refractivity contribution < 1.29 is 9.59 Å². The van der Waals surface area contributed by atoms with Crippen molar-refractivity contribution in [3.05, 3.63) is 47.8 Å².